The van der Waals surface area contributed by atoms with Gasteiger partial charge in [0.05, 0.1) is 11.3 Å². The molecule has 0 spiro atoms. The summed E-state index contributed by atoms with van der Waals surface area (Å²) in [5, 5.41) is 20.4. The molecule has 0 radical (unpaired) electrons. The van der Waals surface area contributed by atoms with Crippen molar-refractivity contribution in [2.24, 2.45) is 5.92 Å². The molecule has 2 aromatic rings. The van der Waals surface area contributed by atoms with E-state index < -0.39 is 10.8 Å². The molecular weight excluding hydrogens is 322 g/mol. The van der Waals surface area contributed by atoms with Gasteiger partial charge in [0, 0.05) is 5.69 Å². The topological polar surface area (TPSA) is 83.6 Å². The van der Waals surface area contributed by atoms with Crippen molar-refractivity contribution in [3.63, 3.8) is 0 Å². The number of nitrogens with one attached hydrogen (secondary N) is 1. The zero-order valence-corrected chi connectivity index (χ0v) is 15.0. The summed E-state index contributed by atoms with van der Waals surface area (Å²) in [4.78, 5) is 12.5. The highest BCUT2D eigenvalue weighted by molar-refractivity contribution is 8.00. The number of aromatic nitrogens is 3. The highest BCUT2D eigenvalue weighted by Crippen LogP contribution is 2.25. The lowest BCUT2D eigenvalue weighted by molar-refractivity contribution is -0.121. The molecule has 24 heavy (non-hydrogen) atoms. The quantitative estimate of drug-likeness (QED) is 0.815. The Morgan fingerprint density at radius 2 is 2.00 bits per heavy atom. The van der Waals surface area contributed by atoms with Crippen molar-refractivity contribution in [2.75, 3.05) is 0 Å². The number of nitriles is 1. The van der Waals surface area contributed by atoms with Crippen LogP contribution >= 0.6 is 11.8 Å². The number of hydrogen-bond donors (Lipinski definition) is 1. The predicted octanol–water partition coefficient (Wildman–Crippen LogP) is 2.80. The molecule has 2 rings (SSSR count). The van der Waals surface area contributed by atoms with E-state index in [0.29, 0.717) is 5.16 Å². The van der Waals surface area contributed by atoms with Crippen molar-refractivity contribution in [1.82, 2.24) is 20.1 Å². The summed E-state index contributed by atoms with van der Waals surface area (Å²) < 4.78 is 1.83. The van der Waals surface area contributed by atoms with Crippen LogP contribution in [0.5, 0.6) is 0 Å². The predicted molar refractivity (Wildman–Crippen MR) is 93.7 cm³/mol. The molecule has 0 aliphatic carbocycles. The minimum absolute atomic E-state index is 0.0108. The van der Waals surface area contributed by atoms with Gasteiger partial charge in [-0.2, -0.15) is 5.26 Å². The number of para-hydroxylation sites is 1. The van der Waals surface area contributed by atoms with Crippen LogP contribution in [-0.4, -0.2) is 31.5 Å². The summed E-state index contributed by atoms with van der Waals surface area (Å²) >= 11 is 1.31. The van der Waals surface area contributed by atoms with E-state index >= 15 is 0 Å². The molecule has 6 nitrogen and oxygen atoms in total. The normalized spacial score (nSPS) is 14.7. The van der Waals surface area contributed by atoms with Crippen LogP contribution in [-0.2, 0) is 4.79 Å². The Labute approximate surface area is 146 Å². The maximum atomic E-state index is 12.5. The monoisotopic (exact) mass is 343 g/mol. The van der Waals surface area contributed by atoms with Crippen LogP contribution in [0.1, 0.15) is 27.7 Å². The van der Waals surface area contributed by atoms with Crippen LogP contribution in [0.2, 0.25) is 0 Å². The van der Waals surface area contributed by atoms with Crippen LogP contribution in [0, 0.1) is 17.2 Å². The average Bonchev–Trinajstić information content (AvgIpc) is 3.03. The fourth-order valence-electron chi connectivity index (χ4n) is 1.94. The molecule has 1 aromatic heterocycles. The number of nitrogens with zero attached hydrogens (tertiary/aromatic N) is 4. The van der Waals surface area contributed by atoms with Crippen molar-refractivity contribution in [2.45, 2.75) is 43.6 Å². The number of carbonyl (C=O) groups excluding carboxylic acids is 1. The zero-order chi connectivity index (χ0) is 17.7. The van der Waals surface area contributed by atoms with Crippen LogP contribution in [0.25, 0.3) is 5.69 Å². The molecule has 7 heteroatoms. The van der Waals surface area contributed by atoms with Crippen molar-refractivity contribution in [3.05, 3.63) is 36.7 Å². The Hall–Kier alpha value is -2.33. The molecule has 0 unspecified atom stereocenters. The second-order valence-electron chi connectivity index (χ2n) is 6.04. The van der Waals surface area contributed by atoms with Gasteiger partial charge in [0.2, 0.25) is 5.91 Å². The molecule has 1 amide bonds. The Kier molecular flexibility index (Phi) is 5.62. The Morgan fingerprint density at radius 3 is 2.58 bits per heavy atom. The van der Waals surface area contributed by atoms with E-state index in [-0.39, 0.29) is 11.8 Å². The Bertz CT molecular complexity index is 737. The minimum Gasteiger partial charge on any atom is -0.337 e. The lowest BCUT2D eigenvalue weighted by atomic mass is 9.90. The maximum absolute atomic E-state index is 12.5. The fraction of sp³-hybridized carbons (Fsp3) is 0.412. The van der Waals surface area contributed by atoms with Crippen molar-refractivity contribution >= 4 is 17.7 Å². The highest BCUT2D eigenvalue weighted by atomic mass is 32.2. The third kappa shape index (κ3) is 3.95. The molecule has 0 bridgehead atoms. The van der Waals surface area contributed by atoms with Gasteiger partial charge in [-0.15, -0.1) is 10.2 Å². The van der Waals surface area contributed by atoms with Gasteiger partial charge in [-0.25, -0.2) is 0 Å². The molecule has 0 fully saturated rings. The maximum Gasteiger partial charge on any atom is 0.234 e. The van der Waals surface area contributed by atoms with Gasteiger partial charge < -0.3 is 5.32 Å². The van der Waals surface area contributed by atoms with Crippen molar-refractivity contribution in [3.8, 4) is 11.8 Å². The van der Waals surface area contributed by atoms with Gasteiger partial charge in [-0.3, -0.25) is 9.36 Å². The summed E-state index contributed by atoms with van der Waals surface area (Å²) in [5.41, 5.74) is 0.0422. The lowest BCUT2D eigenvalue weighted by Crippen LogP contribution is -2.51. The number of carbonyl (C=O) groups is 1. The zero-order valence-electron chi connectivity index (χ0n) is 14.2. The smallest absolute Gasteiger partial charge is 0.234 e. The second-order valence-corrected chi connectivity index (χ2v) is 7.35. The minimum atomic E-state index is -0.890. The van der Waals surface area contributed by atoms with Crippen LogP contribution < -0.4 is 5.32 Å². The third-order valence-corrected chi connectivity index (χ3v) is 5.03. The molecule has 126 valence electrons. The standard InChI is InChI=1S/C17H21N5OS/c1-12(2)17(4,10-18)20-15(23)13(3)24-16-21-19-11-22(16)14-8-6-5-7-9-14/h5-9,11-13H,1-4H3,(H,20,23)/t13-,17-/m1/s1. The third-order valence-electron chi connectivity index (χ3n) is 3.97. The van der Waals surface area contributed by atoms with E-state index in [4.69, 9.17) is 0 Å². The summed E-state index contributed by atoms with van der Waals surface area (Å²) in [6, 6.07) is 11.9. The molecule has 2 atom stereocenters. The summed E-state index contributed by atoms with van der Waals surface area (Å²) in [6.45, 7) is 7.35. The first-order chi connectivity index (χ1) is 11.4. The fourth-order valence-corrected chi connectivity index (χ4v) is 2.78. The first-order valence-corrected chi connectivity index (χ1v) is 8.60. The molecular formula is C17H21N5OS. The van der Waals surface area contributed by atoms with E-state index in [0.717, 1.165) is 5.69 Å². The lowest BCUT2D eigenvalue weighted by Gasteiger charge is -2.28. The molecule has 0 saturated heterocycles. The number of amides is 1. The van der Waals surface area contributed by atoms with Crippen LogP contribution in [0.15, 0.2) is 41.8 Å². The van der Waals surface area contributed by atoms with E-state index in [9.17, 15) is 10.1 Å². The molecule has 1 N–H and O–H groups in total. The van der Waals surface area contributed by atoms with Crippen LogP contribution in [0.3, 0.4) is 0 Å². The van der Waals surface area contributed by atoms with Gasteiger partial charge in [0.25, 0.3) is 0 Å². The van der Waals surface area contributed by atoms with Gasteiger partial charge in [0.1, 0.15) is 11.9 Å². The number of rotatable bonds is 6. The van der Waals surface area contributed by atoms with Crippen molar-refractivity contribution in [1.29, 1.82) is 5.26 Å². The Balaban J connectivity index is 2.11. The van der Waals surface area contributed by atoms with E-state index in [1.807, 2.05) is 48.7 Å². The van der Waals surface area contributed by atoms with E-state index in [1.54, 1.807) is 20.2 Å². The highest BCUT2D eigenvalue weighted by Gasteiger charge is 2.32. The first kappa shape index (κ1) is 18.0. The van der Waals surface area contributed by atoms with E-state index in [2.05, 4.69) is 21.6 Å². The van der Waals surface area contributed by atoms with E-state index in [1.165, 1.54) is 11.8 Å². The van der Waals surface area contributed by atoms with Crippen molar-refractivity contribution < 1.29 is 4.79 Å². The molecule has 0 aliphatic rings. The van der Waals surface area contributed by atoms with Gasteiger partial charge in [-0.05, 0) is 31.9 Å². The molecule has 0 aliphatic heterocycles. The summed E-state index contributed by atoms with van der Waals surface area (Å²) in [7, 11) is 0. The molecule has 1 aromatic carbocycles. The molecule has 0 saturated carbocycles. The van der Waals surface area contributed by atoms with Crippen LogP contribution in [0.4, 0.5) is 0 Å². The summed E-state index contributed by atoms with van der Waals surface area (Å²) in [5.74, 6) is -0.183. The first-order valence-electron chi connectivity index (χ1n) is 7.72. The van der Waals surface area contributed by atoms with Gasteiger partial charge in [0.15, 0.2) is 5.16 Å². The average molecular weight is 343 g/mol. The largest absolute Gasteiger partial charge is 0.337 e. The number of hydrogen-bond acceptors (Lipinski definition) is 5. The second kappa shape index (κ2) is 7.49. The number of thioether (sulfide) groups is 1. The van der Waals surface area contributed by atoms with Gasteiger partial charge in [-0.1, -0.05) is 43.8 Å². The molecule has 1 heterocycles. The number of benzene rings is 1. The summed E-state index contributed by atoms with van der Waals surface area (Å²) in [6.07, 6.45) is 1.62. The Morgan fingerprint density at radius 1 is 1.33 bits per heavy atom. The SMILES string of the molecule is CC(C)[C@@](C)(C#N)NC(=O)[C@@H](C)Sc1nncn1-c1ccccc1. The van der Waals surface area contributed by atoms with Gasteiger partial charge >= 0.3 is 0 Å².